The third-order valence-corrected chi connectivity index (χ3v) is 4.98. The van der Waals surface area contributed by atoms with Crippen LogP contribution in [0.3, 0.4) is 0 Å². The minimum Gasteiger partial charge on any atom is -0.258 e. The third-order valence-electron chi connectivity index (χ3n) is 1.23. The molecule has 1 aromatic rings. The maximum atomic E-state index is 10.1. The molecule has 6 heteroatoms. The molecule has 0 aromatic carbocycles. The van der Waals surface area contributed by atoms with Crippen molar-refractivity contribution in [3.63, 3.8) is 0 Å². The summed E-state index contributed by atoms with van der Waals surface area (Å²) < 4.78 is 5.53. The highest BCUT2D eigenvalue weighted by Crippen LogP contribution is 2.52. The van der Waals surface area contributed by atoms with Crippen LogP contribution in [0.25, 0.3) is 0 Å². The fraction of sp³-hybridized carbons (Fsp3) is 0.333. The number of rotatable bonds is 3. The Labute approximate surface area is 75.8 Å². The first-order chi connectivity index (χ1) is 5.52. The van der Waals surface area contributed by atoms with E-state index in [0.717, 1.165) is 4.21 Å². The van der Waals surface area contributed by atoms with Gasteiger partial charge in [0, 0.05) is 0 Å². The van der Waals surface area contributed by atoms with Crippen LogP contribution in [-0.2, 0) is 4.28 Å². The van der Waals surface area contributed by atoms with Gasteiger partial charge in [0.1, 0.15) is 0 Å². The zero-order valence-corrected chi connectivity index (χ0v) is 8.35. The Morgan fingerprint density at radius 2 is 2.33 bits per heavy atom. The van der Waals surface area contributed by atoms with Crippen LogP contribution in [0.2, 0.25) is 0 Å². The highest BCUT2D eigenvalue weighted by atomic mass is 32.3. The smallest absolute Gasteiger partial charge is 0.258 e. The van der Waals surface area contributed by atoms with Crippen LogP contribution in [0.4, 0.5) is 0 Å². The van der Waals surface area contributed by atoms with Crippen LogP contribution in [0.1, 0.15) is 0 Å². The number of nitrogens with zero attached hydrogens (tertiary/aromatic N) is 1. The van der Waals surface area contributed by atoms with Crippen LogP contribution in [-0.4, -0.2) is 17.6 Å². The fourth-order valence-corrected chi connectivity index (χ4v) is 3.15. The SMILES string of the molecule is CS(C)(O[N+](=O)[O-])c1cccs1. The molecule has 1 heterocycles. The van der Waals surface area contributed by atoms with Crippen molar-refractivity contribution in [2.75, 3.05) is 12.5 Å². The van der Waals surface area contributed by atoms with Gasteiger partial charge in [0.25, 0.3) is 0 Å². The van der Waals surface area contributed by atoms with Crippen LogP contribution >= 0.6 is 21.6 Å². The Kier molecular flexibility index (Phi) is 2.58. The normalized spacial score (nSPS) is 12.5. The molecule has 0 aliphatic carbocycles. The molecule has 0 aliphatic rings. The van der Waals surface area contributed by atoms with Crippen molar-refractivity contribution in [2.24, 2.45) is 0 Å². The Hall–Kier alpha value is -0.750. The van der Waals surface area contributed by atoms with E-state index >= 15 is 0 Å². The van der Waals surface area contributed by atoms with Gasteiger partial charge in [-0.1, -0.05) is 16.4 Å². The van der Waals surface area contributed by atoms with Crippen molar-refractivity contribution in [1.29, 1.82) is 0 Å². The second kappa shape index (κ2) is 3.32. The lowest BCUT2D eigenvalue weighted by Crippen LogP contribution is -2.05. The Balaban J connectivity index is 2.79. The van der Waals surface area contributed by atoms with E-state index in [1.807, 2.05) is 17.5 Å². The highest BCUT2D eigenvalue weighted by molar-refractivity contribution is 8.29. The minimum atomic E-state index is -1.70. The van der Waals surface area contributed by atoms with Gasteiger partial charge in [0.05, 0.1) is 4.21 Å². The van der Waals surface area contributed by atoms with E-state index in [-0.39, 0.29) is 0 Å². The van der Waals surface area contributed by atoms with Crippen molar-refractivity contribution in [2.45, 2.75) is 4.21 Å². The molecule has 12 heavy (non-hydrogen) atoms. The monoisotopic (exact) mass is 207 g/mol. The minimum absolute atomic E-state index is 0.727. The predicted octanol–water partition coefficient (Wildman–Crippen LogP) is 2.29. The Bertz CT molecular complexity index is 270. The Morgan fingerprint density at radius 1 is 1.67 bits per heavy atom. The molecule has 0 aliphatic heterocycles. The van der Waals surface area contributed by atoms with Crippen molar-refractivity contribution < 1.29 is 9.37 Å². The van der Waals surface area contributed by atoms with Crippen LogP contribution in [0, 0.1) is 10.1 Å². The van der Waals surface area contributed by atoms with Crippen molar-refractivity contribution in [3.8, 4) is 0 Å². The van der Waals surface area contributed by atoms with Gasteiger partial charge in [0.2, 0.25) is 0 Å². The van der Waals surface area contributed by atoms with Crippen LogP contribution in [0.5, 0.6) is 0 Å². The lowest BCUT2D eigenvalue weighted by Gasteiger charge is -2.25. The molecular weight excluding hydrogens is 198 g/mol. The maximum Gasteiger partial charge on any atom is 0.305 e. The molecule has 0 fully saturated rings. The summed E-state index contributed by atoms with van der Waals surface area (Å²) in [5.74, 6) is 0. The van der Waals surface area contributed by atoms with Gasteiger partial charge in [-0.15, -0.1) is 21.5 Å². The first kappa shape index (κ1) is 9.34. The van der Waals surface area contributed by atoms with Crippen LogP contribution in [0.15, 0.2) is 21.7 Å². The van der Waals surface area contributed by atoms with E-state index in [2.05, 4.69) is 4.28 Å². The largest absolute Gasteiger partial charge is 0.305 e. The average Bonchev–Trinajstić information content (AvgIpc) is 2.32. The lowest BCUT2D eigenvalue weighted by molar-refractivity contribution is -0.709. The fourth-order valence-electron chi connectivity index (χ4n) is 0.732. The molecule has 0 unspecified atom stereocenters. The van der Waals surface area contributed by atoms with Gasteiger partial charge < -0.3 is 0 Å². The van der Waals surface area contributed by atoms with Gasteiger partial charge in [-0.2, -0.15) is 0 Å². The summed E-state index contributed by atoms with van der Waals surface area (Å²) in [5, 5.41) is 11.3. The standard InChI is InChI=1S/C6H9NO3S2/c1-12(2,10-7(8)9)6-4-3-5-11-6/h3-5H,1-2H3. The van der Waals surface area contributed by atoms with E-state index in [9.17, 15) is 10.1 Å². The molecule has 0 spiro atoms. The first-order valence-electron chi connectivity index (χ1n) is 3.13. The van der Waals surface area contributed by atoms with Gasteiger partial charge in [-0.3, -0.25) is 4.28 Å². The van der Waals surface area contributed by atoms with Gasteiger partial charge in [-0.25, -0.2) is 0 Å². The van der Waals surface area contributed by atoms with E-state index in [1.165, 1.54) is 11.3 Å². The third kappa shape index (κ3) is 2.12. The zero-order valence-electron chi connectivity index (χ0n) is 6.72. The lowest BCUT2D eigenvalue weighted by atomic mass is 10.7. The molecule has 0 atom stereocenters. The molecule has 4 nitrogen and oxygen atoms in total. The number of hydrogen-bond acceptors (Lipinski definition) is 4. The van der Waals surface area contributed by atoms with Gasteiger partial charge >= 0.3 is 5.09 Å². The van der Waals surface area contributed by atoms with E-state index in [0.29, 0.717) is 0 Å². The van der Waals surface area contributed by atoms with Gasteiger partial charge in [-0.05, 0) is 24.0 Å². The van der Waals surface area contributed by atoms with E-state index < -0.39 is 15.4 Å². The quantitative estimate of drug-likeness (QED) is 0.564. The first-order valence-corrected chi connectivity index (χ1v) is 6.38. The Morgan fingerprint density at radius 3 is 2.75 bits per heavy atom. The molecule has 68 valence electrons. The van der Waals surface area contributed by atoms with Crippen LogP contribution < -0.4 is 0 Å². The zero-order chi connectivity index (χ0) is 9.19. The summed E-state index contributed by atoms with van der Waals surface area (Å²) in [4.78, 5) is 10.1. The molecule has 1 aromatic heterocycles. The number of hydrogen-bond donors (Lipinski definition) is 0. The number of thiophene rings is 1. The van der Waals surface area contributed by atoms with Gasteiger partial charge in [0.15, 0.2) is 0 Å². The molecule has 0 saturated heterocycles. The molecule has 0 saturated carbocycles. The molecule has 0 N–H and O–H groups in total. The van der Waals surface area contributed by atoms with Crippen molar-refractivity contribution >= 4 is 21.6 Å². The average molecular weight is 207 g/mol. The molecule has 0 amide bonds. The summed E-state index contributed by atoms with van der Waals surface area (Å²) in [6.07, 6.45) is 3.50. The van der Waals surface area contributed by atoms with Crippen molar-refractivity contribution in [1.82, 2.24) is 0 Å². The second-order valence-electron chi connectivity index (χ2n) is 2.46. The predicted molar refractivity (Wildman–Crippen MR) is 50.1 cm³/mol. The summed E-state index contributed by atoms with van der Waals surface area (Å²) >= 11 is 1.48. The summed E-state index contributed by atoms with van der Waals surface area (Å²) in [6, 6.07) is 3.71. The van der Waals surface area contributed by atoms with Crippen molar-refractivity contribution in [3.05, 3.63) is 27.6 Å². The molecule has 0 radical (unpaired) electrons. The maximum absolute atomic E-state index is 10.1. The molecule has 1 rings (SSSR count). The molecular formula is C6H9NO3S2. The summed E-state index contributed by atoms with van der Waals surface area (Å²) in [5.41, 5.74) is 0. The summed E-state index contributed by atoms with van der Waals surface area (Å²) in [7, 11) is -1.70. The second-order valence-corrected chi connectivity index (χ2v) is 6.72. The topological polar surface area (TPSA) is 52.4 Å². The van der Waals surface area contributed by atoms with E-state index in [1.54, 1.807) is 12.5 Å². The summed E-state index contributed by atoms with van der Waals surface area (Å²) in [6.45, 7) is 0. The highest BCUT2D eigenvalue weighted by Gasteiger charge is 2.19. The molecule has 0 bridgehead atoms. The van der Waals surface area contributed by atoms with E-state index in [4.69, 9.17) is 0 Å².